The van der Waals surface area contributed by atoms with E-state index in [1.807, 2.05) is 6.07 Å². The first-order chi connectivity index (χ1) is 16.2. The molecule has 33 heavy (non-hydrogen) atoms. The molecule has 1 aromatic heterocycles. The molecule has 0 spiro atoms. The number of hydrogen-bond donors (Lipinski definition) is 0. The fourth-order valence-electron chi connectivity index (χ4n) is 5.43. The van der Waals surface area contributed by atoms with Crippen LogP contribution in [-0.2, 0) is 24.4 Å². The molecule has 1 amide bonds. The van der Waals surface area contributed by atoms with Crippen molar-refractivity contribution in [1.29, 1.82) is 0 Å². The summed E-state index contributed by atoms with van der Waals surface area (Å²) in [4.78, 5) is 25.2. The third-order valence-corrected chi connectivity index (χ3v) is 7.20. The Morgan fingerprint density at radius 1 is 0.909 bits per heavy atom. The van der Waals surface area contributed by atoms with Crippen LogP contribution in [0, 0.1) is 5.92 Å². The van der Waals surface area contributed by atoms with Crippen LogP contribution in [0.5, 0.6) is 0 Å². The van der Waals surface area contributed by atoms with Crippen LogP contribution in [0.15, 0.2) is 54.6 Å². The number of rotatable bonds is 6. The minimum absolute atomic E-state index is 0.110. The minimum Gasteiger partial charge on any atom is -0.340 e. The number of amides is 1. The predicted octanol–water partition coefficient (Wildman–Crippen LogP) is 3.61. The largest absolute Gasteiger partial charge is 0.340 e. The molecule has 5 rings (SSSR count). The van der Waals surface area contributed by atoms with Crippen LogP contribution in [-0.4, -0.2) is 69.4 Å². The number of imidazole rings is 1. The Hall–Kier alpha value is -2.70. The zero-order valence-electron chi connectivity index (χ0n) is 19.7. The number of likely N-dealkylation sites (tertiary alicyclic amines) is 1. The Bertz CT molecular complexity index is 1070. The van der Waals surface area contributed by atoms with Crippen LogP contribution in [0.3, 0.4) is 0 Å². The van der Waals surface area contributed by atoms with Gasteiger partial charge in [-0.15, -0.1) is 0 Å². The van der Waals surface area contributed by atoms with Crippen LogP contribution in [0.2, 0.25) is 0 Å². The molecule has 0 N–H and O–H groups in total. The standard InChI is InChI=1S/C27H35N5O/c1-2-32-25-13-7-6-12-24(25)28-26(32)21-30-14-8-11-23(20-30)27(33)31-17-15-29(16-18-31)19-22-9-4-3-5-10-22/h3-7,9-10,12-13,23H,2,8,11,14-21H2,1H3/t23-/m0/s1. The van der Waals surface area contributed by atoms with Crippen molar-refractivity contribution in [2.45, 2.75) is 39.4 Å². The van der Waals surface area contributed by atoms with Gasteiger partial charge < -0.3 is 9.47 Å². The highest BCUT2D eigenvalue weighted by Crippen LogP contribution is 2.23. The lowest BCUT2D eigenvalue weighted by Crippen LogP contribution is -2.52. The van der Waals surface area contributed by atoms with Gasteiger partial charge in [0.25, 0.3) is 0 Å². The predicted molar refractivity (Wildman–Crippen MR) is 132 cm³/mol. The number of fused-ring (bicyclic) bond motifs is 1. The number of hydrogen-bond acceptors (Lipinski definition) is 4. The minimum atomic E-state index is 0.110. The smallest absolute Gasteiger partial charge is 0.227 e. The normalized spacial score (nSPS) is 20.4. The lowest BCUT2D eigenvalue weighted by atomic mass is 9.96. The van der Waals surface area contributed by atoms with Crippen molar-refractivity contribution in [2.75, 3.05) is 39.3 Å². The Labute approximate surface area is 196 Å². The molecule has 0 aliphatic carbocycles. The maximum Gasteiger partial charge on any atom is 0.227 e. The molecule has 2 fully saturated rings. The Morgan fingerprint density at radius 2 is 1.67 bits per heavy atom. The summed E-state index contributed by atoms with van der Waals surface area (Å²) in [5, 5.41) is 0. The number of para-hydroxylation sites is 2. The van der Waals surface area contributed by atoms with Gasteiger partial charge in [0.1, 0.15) is 5.82 Å². The number of aryl methyl sites for hydroxylation is 1. The Balaban J connectivity index is 1.17. The molecule has 0 saturated carbocycles. The van der Waals surface area contributed by atoms with Gasteiger partial charge in [0.05, 0.1) is 23.5 Å². The van der Waals surface area contributed by atoms with Gasteiger partial charge in [-0.1, -0.05) is 42.5 Å². The maximum absolute atomic E-state index is 13.3. The third kappa shape index (κ3) is 4.97. The average Bonchev–Trinajstić information content (AvgIpc) is 3.21. The molecule has 3 aromatic rings. The molecule has 2 aliphatic heterocycles. The number of aromatic nitrogens is 2. The molecule has 3 heterocycles. The highest BCUT2D eigenvalue weighted by molar-refractivity contribution is 5.79. The molecule has 2 saturated heterocycles. The summed E-state index contributed by atoms with van der Waals surface area (Å²) in [6, 6.07) is 19.0. The molecule has 2 aromatic carbocycles. The topological polar surface area (TPSA) is 44.6 Å². The number of piperidine rings is 1. The van der Waals surface area contributed by atoms with Gasteiger partial charge in [0, 0.05) is 45.8 Å². The zero-order valence-corrected chi connectivity index (χ0v) is 19.7. The lowest BCUT2D eigenvalue weighted by molar-refractivity contribution is -0.139. The maximum atomic E-state index is 13.3. The second kappa shape index (κ2) is 10.1. The first kappa shape index (κ1) is 22.1. The van der Waals surface area contributed by atoms with Gasteiger partial charge >= 0.3 is 0 Å². The molecular weight excluding hydrogens is 410 g/mol. The number of piperazine rings is 1. The van der Waals surface area contributed by atoms with Crippen molar-refractivity contribution in [1.82, 2.24) is 24.3 Å². The summed E-state index contributed by atoms with van der Waals surface area (Å²) >= 11 is 0. The van der Waals surface area contributed by atoms with E-state index < -0.39 is 0 Å². The molecule has 6 nitrogen and oxygen atoms in total. The lowest BCUT2D eigenvalue weighted by Gasteiger charge is -2.39. The van der Waals surface area contributed by atoms with Crippen LogP contribution in [0.1, 0.15) is 31.2 Å². The van der Waals surface area contributed by atoms with E-state index in [1.54, 1.807) is 0 Å². The van der Waals surface area contributed by atoms with Gasteiger partial charge in [-0.05, 0) is 44.0 Å². The number of carbonyl (C=O) groups excluding carboxylic acids is 1. The molecular formula is C27H35N5O. The molecule has 6 heteroatoms. The third-order valence-electron chi connectivity index (χ3n) is 7.20. The summed E-state index contributed by atoms with van der Waals surface area (Å²) in [5.41, 5.74) is 3.61. The van der Waals surface area contributed by atoms with Crippen molar-refractivity contribution in [3.05, 3.63) is 66.0 Å². The number of benzene rings is 2. The molecule has 2 aliphatic rings. The zero-order chi connectivity index (χ0) is 22.6. The summed E-state index contributed by atoms with van der Waals surface area (Å²) < 4.78 is 2.31. The van der Waals surface area contributed by atoms with Gasteiger partial charge in [-0.3, -0.25) is 14.6 Å². The molecule has 0 unspecified atom stereocenters. The van der Waals surface area contributed by atoms with Crippen molar-refractivity contribution >= 4 is 16.9 Å². The van der Waals surface area contributed by atoms with E-state index in [9.17, 15) is 4.79 Å². The summed E-state index contributed by atoms with van der Waals surface area (Å²) in [7, 11) is 0. The molecule has 174 valence electrons. The molecule has 0 bridgehead atoms. The Morgan fingerprint density at radius 3 is 2.45 bits per heavy atom. The van der Waals surface area contributed by atoms with Crippen molar-refractivity contribution < 1.29 is 4.79 Å². The quantitative estimate of drug-likeness (QED) is 0.581. The summed E-state index contributed by atoms with van der Waals surface area (Å²) in [5.74, 6) is 1.57. The molecule has 1 atom stereocenters. The number of nitrogens with zero attached hydrogens (tertiary/aromatic N) is 5. The second-order valence-corrected chi connectivity index (χ2v) is 9.42. The van der Waals surface area contributed by atoms with Crippen molar-refractivity contribution in [3.8, 4) is 0 Å². The highest BCUT2D eigenvalue weighted by atomic mass is 16.2. The van der Waals surface area contributed by atoms with E-state index >= 15 is 0 Å². The Kier molecular flexibility index (Phi) is 6.74. The van der Waals surface area contributed by atoms with E-state index in [4.69, 9.17) is 4.98 Å². The fourth-order valence-corrected chi connectivity index (χ4v) is 5.43. The van der Waals surface area contributed by atoms with E-state index in [0.717, 1.165) is 83.1 Å². The first-order valence-corrected chi connectivity index (χ1v) is 12.4. The first-order valence-electron chi connectivity index (χ1n) is 12.4. The van der Waals surface area contributed by atoms with Crippen LogP contribution in [0.25, 0.3) is 11.0 Å². The van der Waals surface area contributed by atoms with E-state index in [2.05, 4.69) is 74.7 Å². The monoisotopic (exact) mass is 445 g/mol. The fraction of sp³-hybridized carbons (Fsp3) is 0.481. The van der Waals surface area contributed by atoms with E-state index in [1.165, 1.54) is 11.1 Å². The summed E-state index contributed by atoms with van der Waals surface area (Å²) in [6.07, 6.45) is 2.08. The van der Waals surface area contributed by atoms with E-state index in [-0.39, 0.29) is 5.92 Å². The van der Waals surface area contributed by atoms with Crippen LogP contribution >= 0.6 is 0 Å². The van der Waals surface area contributed by atoms with Crippen LogP contribution in [0.4, 0.5) is 0 Å². The second-order valence-electron chi connectivity index (χ2n) is 9.42. The van der Waals surface area contributed by atoms with Gasteiger partial charge in [-0.2, -0.15) is 0 Å². The van der Waals surface area contributed by atoms with Crippen LogP contribution < -0.4 is 0 Å². The van der Waals surface area contributed by atoms with E-state index in [0.29, 0.717) is 5.91 Å². The van der Waals surface area contributed by atoms with Gasteiger partial charge in [0.15, 0.2) is 0 Å². The average molecular weight is 446 g/mol. The number of carbonyl (C=O) groups is 1. The van der Waals surface area contributed by atoms with Gasteiger partial charge in [0.2, 0.25) is 5.91 Å². The molecule has 0 radical (unpaired) electrons. The van der Waals surface area contributed by atoms with Gasteiger partial charge in [-0.25, -0.2) is 4.98 Å². The SMILES string of the molecule is CCn1c(CN2CCC[C@H](C(=O)N3CCN(Cc4ccccc4)CC3)C2)nc2ccccc21. The van der Waals surface area contributed by atoms with Crippen molar-refractivity contribution in [2.24, 2.45) is 5.92 Å². The highest BCUT2D eigenvalue weighted by Gasteiger charge is 2.31. The summed E-state index contributed by atoms with van der Waals surface area (Å²) in [6.45, 7) is 10.4. The van der Waals surface area contributed by atoms with Crippen molar-refractivity contribution in [3.63, 3.8) is 0 Å².